The molecule has 2 atom stereocenters. The Morgan fingerprint density at radius 2 is 1.71 bits per heavy atom. The molecule has 0 amide bonds. The summed E-state index contributed by atoms with van der Waals surface area (Å²) in [7, 11) is 2.25. The minimum Gasteiger partial charge on any atom is -0.339 e. The fraction of sp³-hybridized carbons (Fsp3) is 0.875. The molecule has 118 valence electrons. The molecule has 0 radical (unpaired) electrons. The highest BCUT2D eigenvalue weighted by Gasteiger charge is 2.43. The van der Waals surface area contributed by atoms with Gasteiger partial charge in [0.05, 0.1) is 5.41 Å². The van der Waals surface area contributed by atoms with Crippen LogP contribution < -0.4 is 5.73 Å². The Morgan fingerprint density at radius 3 is 2.24 bits per heavy atom. The summed E-state index contributed by atoms with van der Waals surface area (Å²) in [5.74, 6) is 1.98. The topological polar surface area (TPSA) is 68.2 Å². The first kappa shape index (κ1) is 15.0. The molecule has 2 aliphatic rings. The van der Waals surface area contributed by atoms with E-state index in [1.807, 2.05) is 13.8 Å². The summed E-state index contributed by atoms with van der Waals surface area (Å²) in [6.07, 6.45) is 4.92. The van der Waals surface area contributed by atoms with Crippen LogP contribution in [0.2, 0.25) is 0 Å². The molecular formula is C16H28N4O. The lowest BCUT2D eigenvalue weighted by molar-refractivity contribution is 0.157. The van der Waals surface area contributed by atoms with E-state index in [0.717, 1.165) is 18.7 Å². The Balaban J connectivity index is 1.80. The van der Waals surface area contributed by atoms with Gasteiger partial charge in [0.15, 0.2) is 5.82 Å². The predicted octanol–water partition coefficient (Wildman–Crippen LogP) is 2.42. The molecule has 0 spiro atoms. The van der Waals surface area contributed by atoms with Crippen molar-refractivity contribution in [3.8, 4) is 0 Å². The Bertz CT molecular complexity index is 503. The van der Waals surface area contributed by atoms with E-state index in [-0.39, 0.29) is 5.41 Å². The van der Waals surface area contributed by atoms with Crippen LogP contribution in [0.5, 0.6) is 0 Å². The lowest BCUT2D eigenvalue weighted by Crippen LogP contribution is -2.50. The second kappa shape index (κ2) is 4.78. The third-order valence-corrected chi connectivity index (χ3v) is 6.05. The van der Waals surface area contributed by atoms with Gasteiger partial charge in [-0.1, -0.05) is 5.16 Å². The van der Waals surface area contributed by atoms with Crippen molar-refractivity contribution in [3.05, 3.63) is 11.7 Å². The van der Waals surface area contributed by atoms with Gasteiger partial charge in [-0.25, -0.2) is 0 Å². The summed E-state index contributed by atoms with van der Waals surface area (Å²) in [5.41, 5.74) is 5.54. The number of hydrogen-bond donors (Lipinski definition) is 1. The van der Waals surface area contributed by atoms with Gasteiger partial charge in [0.2, 0.25) is 5.89 Å². The van der Waals surface area contributed by atoms with Gasteiger partial charge in [0.25, 0.3) is 0 Å². The molecule has 5 heteroatoms. The Labute approximate surface area is 127 Å². The third-order valence-electron chi connectivity index (χ3n) is 6.05. The van der Waals surface area contributed by atoms with E-state index in [1.165, 1.54) is 12.8 Å². The molecular weight excluding hydrogens is 264 g/mol. The van der Waals surface area contributed by atoms with Crippen LogP contribution in [0.3, 0.4) is 0 Å². The van der Waals surface area contributed by atoms with E-state index in [9.17, 15) is 0 Å². The summed E-state index contributed by atoms with van der Waals surface area (Å²) in [5, 5.41) is 4.28. The first-order valence-electron chi connectivity index (χ1n) is 8.05. The van der Waals surface area contributed by atoms with Gasteiger partial charge in [-0.3, -0.25) is 0 Å². The van der Waals surface area contributed by atoms with Crippen LogP contribution in [0.25, 0.3) is 0 Å². The maximum absolute atomic E-state index is 6.27. The van der Waals surface area contributed by atoms with Crippen LogP contribution in [-0.2, 0) is 5.41 Å². The number of hydrogen-bond acceptors (Lipinski definition) is 5. The fourth-order valence-corrected chi connectivity index (χ4v) is 3.55. The minimum absolute atomic E-state index is 0.331. The van der Waals surface area contributed by atoms with Gasteiger partial charge >= 0.3 is 0 Å². The first-order valence-corrected chi connectivity index (χ1v) is 8.05. The molecule has 0 saturated carbocycles. The zero-order valence-electron chi connectivity index (χ0n) is 13.9. The number of nitrogens with zero attached hydrogens (tertiary/aromatic N) is 3. The molecule has 2 aliphatic heterocycles. The standard InChI is InChI=1S/C16H28N4O/c1-15(2,16(3,4)17)14-18-13(19-21-14)10-8-11-6-7-12(9-10)20(11)5/h10-12H,6-9,17H2,1-5H3. The van der Waals surface area contributed by atoms with Crippen molar-refractivity contribution in [1.82, 2.24) is 15.0 Å². The Hall–Kier alpha value is -0.940. The molecule has 2 unspecified atom stereocenters. The molecule has 2 bridgehead atoms. The number of rotatable bonds is 3. The van der Waals surface area contributed by atoms with E-state index in [4.69, 9.17) is 15.2 Å². The van der Waals surface area contributed by atoms with E-state index < -0.39 is 5.54 Å². The van der Waals surface area contributed by atoms with Crippen LogP contribution in [-0.4, -0.2) is 39.7 Å². The summed E-state index contributed by atoms with van der Waals surface area (Å²) in [6.45, 7) is 8.16. The molecule has 2 fully saturated rings. The van der Waals surface area contributed by atoms with Gasteiger partial charge < -0.3 is 15.2 Å². The zero-order valence-corrected chi connectivity index (χ0v) is 13.9. The fourth-order valence-electron chi connectivity index (χ4n) is 3.55. The van der Waals surface area contributed by atoms with Crippen LogP contribution >= 0.6 is 0 Å². The lowest BCUT2D eigenvalue weighted by atomic mass is 9.75. The average molecular weight is 292 g/mol. The molecule has 3 heterocycles. The van der Waals surface area contributed by atoms with Crippen molar-refractivity contribution in [2.24, 2.45) is 5.73 Å². The predicted molar refractivity (Wildman–Crippen MR) is 82.1 cm³/mol. The summed E-state index contributed by atoms with van der Waals surface area (Å²) >= 11 is 0. The molecule has 2 N–H and O–H groups in total. The van der Waals surface area contributed by atoms with E-state index >= 15 is 0 Å². The highest BCUT2D eigenvalue weighted by molar-refractivity contribution is 5.13. The van der Waals surface area contributed by atoms with Crippen molar-refractivity contribution in [2.45, 2.75) is 82.3 Å². The lowest BCUT2D eigenvalue weighted by Gasteiger charge is -2.35. The number of aromatic nitrogens is 2. The molecule has 2 saturated heterocycles. The van der Waals surface area contributed by atoms with Crippen molar-refractivity contribution in [2.75, 3.05) is 7.05 Å². The quantitative estimate of drug-likeness (QED) is 0.926. The molecule has 3 rings (SSSR count). The molecule has 5 nitrogen and oxygen atoms in total. The van der Waals surface area contributed by atoms with E-state index in [2.05, 4.69) is 31.0 Å². The number of piperidine rings is 1. The van der Waals surface area contributed by atoms with Crippen molar-refractivity contribution >= 4 is 0 Å². The van der Waals surface area contributed by atoms with Crippen LogP contribution in [0.1, 0.15) is 71.0 Å². The van der Waals surface area contributed by atoms with Crippen molar-refractivity contribution < 1.29 is 4.52 Å². The summed E-state index contributed by atoms with van der Waals surface area (Å²) in [6, 6.07) is 1.38. The summed E-state index contributed by atoms with van der Waals surface area (Å²) < 4.78 is 5.57. The van der Waals surface area contributed by atoms with Gasteiger partial charge in [-0.15, -0.1) is 0 Å². The normalized spacial score (nSPS) is 30.9. The molecule has 1 aromatic heterocycles. The van der Waals surface area contributed by atoms with Crippen molar-refractivity contribution in [1.29, 1.82) is 0 Å². The zero-order chi connectivity index (χ0) is 15.4. The highest BCUT2D eigenvalue weighted by Crippen LogP contribution is 2.42. The van der Waals surface area contributed by atoms with Crippen LogP contribution in [0.15, 0.2) is 4.52 Å². The van der Waals surface area contributed by atoms with Crippen molar-refractivity contribution in [3.63, 3.8) is 0 Å². The number of fused-ring (bicyclic) bond motifs is 2. The van der Waals surface area contributed by atoms with Gasteiger partial charge in [0, 0.05) is 23.5 Å². The van der Waals surface area contributed by atoms with E-state index in [0.29, 0.717) is 23.9 Å². The third kappa shape index (κ3) is 2.40. The molecule has 21 heavy (non-hydrogen) atoms. The summed E-state index contributed by atoms with van der Waals surface area (Å²) in [4.78, 5) is 7.25. The largest absolute Gasteiger partial charge is 0.339 e. The first-order chi connectivity index (χ1) is 9.70. The van der Waals surface area contributed by atoms with Crippen LogP contribution in [0, 0.1) is 0 Å². The molecule has 0 aliphatic carbocycles. The van der Waals surface area contributed by atoms with Gasteiger partial charge in [-0.05, 0) is 60.4 Å². The van der Waals surface area contributed by atoms with Gasteiger partial charge in [0.1, 0.15) is 0 Å². The van der Waals surface area contributed by atoms with Gasteiger partial charge in [-0.2, -0.15) is 4.98 Å². The number of nitrogens with two attached hydrogens (primary N) is 1. The Morgan fingerprint density at radius 1 is 1.14 bits per heavy atom. The average Bonchev–Trinajstić information content (AvgIpc) is 2.92. The second-order valence-electron chi connectivity index (χ2n) is 8.02. The molecule has 1 aromatic rings. The van der Waals surface area contributed by atoms with E-state index in [1.54, 1.807) is 0 Å². The monoisotopic (exact) mass is 292 g/mol. The second-order valence-corrected chi connectivity index (χ2v) is 8.02. The highest BCUT2D eigenvalue weighted by atomic mass is 16.5. The Kier molecular flexibility index (Phi) is 3.41. The SMILES string of the molecule is CN1C2CCC1CC(c1noc(C(C)(C)C(C)(C)N)n1)C2. The smallest absolute Gasteiger partial charge is 0.234 e. The maximum atomic E-state index is 6.27. The van der Waals surface area contributed by atoms with Crippen LogP contribution in [0.4, 0.5) is 0 Å². The molecule has 0 aromatic carbocycles. The minimum atomic E-state index is -0.400. The maximum Gasteiger partial charge on any atom is 0.234 e.